The highest BCUT2D eigenvalue weighted by molar-refractivity contribution is 5.92. The number of nitrogens with one attached hydrogen (secondary N) is 1. The van der Waals surface area contributed by atoms with Gasteiger partial charge in [0.1, 0.15) is 11.5 Å². The van der Waals surface area contributed by atoms with Crippen LogP contribution in [-0.4, -0.2) is 53.6 Å². The summed E-state index contributed by atoms with van der Waals surface area (Å²) >= 11 is 0. The summed E-state index contributed by atoms with van der Waals surface area (Å²) < 4.78 is 5.50. The highest BCUT2D eigenvalue weighted by atomic mass is 16.5. The van der Waals surface area contributed by atoms with Crippen LogP contribution in [0.2, 0.25) is 0 Å². The zero-order valence-corrected chi connectivity index (χ0v) is 11.6. The maximum atomic E-state index is 12.4. The Labute approximate surface area is 113 Å². The van der Waals surface area contributed by atoms with Crippen molar-refractivity contribution in [3.05, 3.63) is 18.1 Å². The predicted octanol–water partition coefficient (Wildman–Crippen LogP) is 1.16. The summed E-state index contributed by atoms with van der Waals surface area (Å²) in [5.74, 6) is 0.505. The summed E-state index contributed by atoms with van der Waals surface area (Å²) in [7, 11) is 3.44. The maximum Gasteiger partial charge on any atom is 0.274 e. The van der Waals surface area contributed by atoms with Gasteiger partial charge in [0, 0.05) is 27.2 Å². The number of hydrogen-bond acceptors (Lipinski definition) is 5. The molecule has 1 amide bonds. The van der Waals surface area contributed by atoms with Gasteiger partial charge in [0.15, 0.2) is 0 Å². The van der Waals surface area contributed by atoms with Crippen molar-refractivity contribution in [3.63, 3.8) is 0 Å². The Kier molecular flexibility index (Phi) is 3.99. The Morgan fingerprint density at radius 3 is 3.00 bits per heavy atom. The van der Waals surface area contributed by atoms with Crippen LogP contribution in [0, 0.1) is 0 Å². The number of hydrogen-bond donors (Lipinski definition) is 1. The van der Waals surface area contributed by atoms with E-state index in [4.69, 9.17) is 4.74 Å². The molecule has 1 fully saturated rings. The van der Waals surface area contributed by atoms with Gasteiger partial charge in [0.2, 0.25) is 0 Å². The minimum absolute atomic E-state index is 0.0902. The fourth-order valence-electron chi connectivity index (χ4n) is 2.30. The fourth-order valence-corrected chi connectivity index (χ4v) is 2.30. The number of carbonyl (C=O) groups excluding carboxylic acids is 1. The molecule has 2 rings (SSSR count). The average Bonchev–Trinajstić information content (AvgIpc) is 2.46. The number of amides is 1. The number of carbonyl (C=O) groups is 1. The molecule has 0 bridgehead atoms. The molecule has 6 nitrogen and oxygen atoms in total. The van der Waals surface area contributed by atoms with E-state index in [1.807, 2.05) is 6.92 Å². The van der Waals surface area contributed by atoms with Gasteiger partial charge in [-0.2, -0.15) is 0 Å². The van der Waals surface area contributed by atoms with Crippen molar-refractivity contribution >= 4 is 11.7 Å². The Morgan fingerprint density at radius 2 is 2.32 bits per heavy atom. The highest BCUT2D eigenvalue weighted by Crippen LogP contribution is 2.24. The van der Waals surface area contributed by atoms with Crippen molar-refractivity contribution in [1.29, 1.82) is 0 Å². The molecule has 1 atom stereocenters. The van der Waals surface area contributed by atoms with E-state index in [1.54, 1.807) is 25.3 Å². The number of ether oxygens (including phenoxy) is 1. The summed E-state index contributed by atoms with van der Waals surface area (Å²) in [5.41, 5.74) is 0.106. The van der Waals surface area contributed by atoms with Crippen LogP contribution in [0.4, 0.5) is 5.82 Å². The summed E-state index contributed by atoms with van der Waals surface area (Å²) in [6.07, 6.45) is 5.00. The first kappa shape index (κ1) is 13.7. The third kappa shape index (κ3) is 3.01. The second kappa shape index (κ2) is 5.52. The molecule has 0 spiro atoms. The first-order valence-corrected chi connectivity index (χ1v) is 6.42. The zero-order valence-electron chi connectivity index (χ0n) is 11.6. The van der Waals surface area contributed by atoms with Crippen molar-refractivity contribution in [1.82, 2.24) is 14.9 Å². The predicted molar refractivity (Wildman–Crippen MR) is 72.1 cm³/mol. The highest BCUT2D eigenvalue weighted by Gasteiger charge is 2.33. The smallest absolute Gasteiger partial charge is 0.274 e. The van der Waals surface area contributed by atoms with E-state index in [-0.39, 0.29) is 11.5 Å². The molecular weight excluding hydrogens is 244 g/mol. The van der Waals surface area contributed by atoms with Crippen molar-refractivity contribution in [2.24, 2.45) is 0 Å². The number of rotatable bonds is 3. The van der Waals surface area contributed by atoms with Gasteiger partial charge >= 0.3 is 0 Å². The van der Waals surface area contributed by atoms with Crippen LogP contribution in [0.25, 0.3) is 0 Å². The summed E-state index contributed by atoms with van der Waals surface area (Å²) in [6, 6.07) is 0. The minimum atomic E-state index is -0.262. The Bertz CT molecular complexity index is 466. The lowest BCUT2D eigenvalue weighted by Crippen LogP contribution is -2.49. The number of likely N-dealkylation sites (tertiary alicyclic amines) is 1. The Morgan fingerprint density at radius 1 is 1.53 bits per heavy atom. The van der Waals surface area contributed by atoms with E-state index < -0.39 is 0 Å². The van der Waals surface area contributed by atoms with Gasteiger partial charge in [-0.3, -0.25) is 9.78 Å². The number of piperidine rings is 1. The molecular formula is C13H20N4O2. The maximum absolute atomic E-state index is 12.4. The third-order valence-electron chi connectivity index (χ3n) is 3.55. The molecule has 1 aromatic heterocycles. The van der Waals surface area contributed by atoms with Crippen LogP contribution in [0.5, 0.6) is 0 Å². The second-order valence-electron chi connectivity index (χ2n) is 5.02. The van der Waals surface area contributed by atoms with Crippen LogP contribution in [0.3, 0.4) is 0 Å². The first-order valence-electron chi connectivity index (χ1n) is 6.42. The fraction of sp³-hybridized carbons (Fsp3) is 0.615. The van der Waals surface area contributed by atoms with Gasteiger partial charge < -0.3 is 15.0 Å². The monoisotopic (exact) mass is 264 g/mol. The number of methoxy groups -OCH3 is 1. The van der Waals surface area contributed by atoms with Crippen molar-refractivity contribution in [2.75, 3.05) is 32.6 Å². The van der Waals surface area contributed by atoms with E-state index in [2.05, 4.69) is 15.3 Å². The van der Waals surface area contributed by atoms with Crippen LogP contribution in [0.15, 0.2) is 12.4 Å². The lowest BCUT2D eigenvalue weighted by molar-refractivity contribution is -0.0441. The topological polar surface area (TPSA) is 67.4 Å². The van der Waals surface area contributed by atoms with Crippen molar-refractivity contribution < 1.29 is 9.53 Å². The molecule has 6 heteroatoms. The Balaban J connectivity index is 2.14. The molecule has 2 heterocycles. The summed E-state index contributed by atoms with van der Waals surface area (Å²) in [6.45, 7) is 3.36. The molecule has 1 unspecified atom stereocenters. The van der Waals surface area contributed by atoms with Crippen molar-refractivity contribution in [2.45, 2.75) is 25.4 Å². The molecule has 104 valence electrons. The van der Waals surface area contributed by atoms with Gasteiger partial charge in [0.05, 0.1) is 18.0 Å². The molecule has 1 aromatic rings. The van der Waals surface area contributed by atoms with Gasteiger partial charge in [-0.25, -0.2) is 4.98 Å². The van der Waals surface area contributed by atoms with Gasteiger partial charge in [-0.1, -0.05) is 0 Å². The molecule has 1 N–H and O–H groups in total. The van der Waals surface area contributed by atoms with Gasteiger partial charge in [-0.05, 0) is 19.8 Å². The summed E-state index contributed by atoms with van der Waals surface area (Å²) in [4.78, 5) is 22.5. The number of anilines is 1. The molecule has 0 saturated carbocycles. The van der Waals surface area contributed by atoms with Crippen LogP contribution in [0.1, 0.15) is 30.3 Å². The number of nitrogens with zero attached hydrogens (tertiary/aromatic N) is 3. The van der Waals surface area contributed by atoms with E-state index in [0.29, 0.717) is 18.1 Å². The largest absolute Gasteiger partial charge is 0.377 e. The van der Waals surface area contributed by atoms with Crippen molar-refractivity contribution in [3.8, 4) is 0 Å². The Hall–Kier alpha value is -1.69. The van der Waals surface area contributed by atoms with E-state index in [9.17, 15) is 4.79 Å². The van der Waals surface area contributed by atoms with Gasteiger partial charge in [-0.15, -0.1) is 0 Å². The summed E-state index contributed by atoms with van der Waals surface area (Å²) in [5, 5.41) is 2.88. The second-order valence-corrected chi connectivity index (χ2v) is 5.02. The van der Waals surface area contributed by atoms with Crippen LogP contribution in [-0.2, 0) is 4.74 Å². The molecule has 0 aliphatic carbocycles. The molecule has 0 radical (unpaired) electrons. The van der Waals surface area contributed by atoms with Gasteiger partial charge in [0.25, 0.3) is 5.91 Å². The standard InChI is InChI=1S/C13H20N4O2/c1-13(19-3)5-4-6-17(9-13)12(18)10-7-15-8-11(14-2)16-10/h7-8H,4-6,9H2,1-3H3,(H,14,16). The molecule has 0 aromatic carbocycles. The molecule has 1 aliphatic rings. The van der Waals surface area contributed by atoms with E-state index >= 15 is 0 Å². The molecule has 1 aliphatic heterocycles. The minimum Gasteiger partial charge on any atom is -0.377 e. The zero-order chi connectivity index (χ0) is 13.9. The normalized spacial score (nSPS) is 23.2. The quantitative estimate of drug-likeness (QED) is 0.887. The lowest BCUT2D eigenvalue weighted by Gasteiger charge is -2.39. The molecule has 19 heavy (non-hydrogen) atoms. The van der Waals surface area contributed by atoms with Crippen LogP contribution >= 0.6 is 0 Å². The SMILES string of the molecule is CNc1cncc(C(=O)N2CCCC(C)(OC)C2)n1. The third-order valence-corrected chi connectivity index (χ3v) is 3.55. The van der Waals surface area contributed by atoms with E-state index in [0.717, 1.165) is 19.4 Å². The van der Waals surface area contributed by atoms with Crippen LogP contribution < -0.4 is 5.32 Å². The van der Waals surface area contributed by atoms with E-state index in [1.165, 1.54) is 6.20 Å². The molecule has 1 saturated heterocycles. The number of aromatic nitrogens is 2. The first-order chi connectivity index (χ1) is 9.08. The lowest BCUT2D eigenvalue weighted by atomic mass is 9.94. The average molecular weight is 264 g/mol.